The second-order valence-electron chi connectivity index (χ2n) is 7.53. The summed E-state index contributed by atoms with van der Waals surface area (Å²) in [6.07, 6.45) is 4.21. The normalized spacial score (nSPS) is 18.4. The van der Waals surface area contributed by atoms with Crippen LogP contribution in [0.3, 0.4) is 0 Å². The Hall–Kier alpha value is -1.96. The molecule has 0 amide bonds. The van der Waals surface area contributed by atoms with Crippen molar-refractivity contribution in [2.75, 3.05) is 19.6 Å². The number of imidazole rings is 1. The van der Waals surface area contributed by atoms with Gasteiger partial charge in [-0.05, 0) is 43.6 Å². The molecular formula is C19H26ClN7. The van der Waals surface area contributed by atoms with Crippen LogP contribution in [-0.4, -0.2) is 48.8 Å². The van der Waals surface area contributed by atoms with E-state index in [1.165, 1.54) is 16.9 Å². The first-order valence-electron chi connectivity index (χ1n) is 9.53. The van der Waals surface area contributed by atoms with Gasteiger partial charge in [-0.25, -0.2) is 4.98 Å². The fourth-order valence-corrected chi connectivity index (χ4v) is 4.30. The molecule has 0 saturated carbocycles. The fraction of sp³-hybridized carbons (Fsp3) is 0.526. The van der Waals surface area contributed by atoms with Gasteiger partial charge in [0.2, 0.25) is 0 Å². The summed E-state index contributed by atoms with van der Waals surface area (Å²) in [6.45, 7) is 6.11. The van der Waals surface area contributed by atoms with E-state index in [0.29, 0.717) is 5.92 Å². The number of aryl methyl sites for hydroxylation is 1. The largest absolute Gasteiger partial charge is 0.334 e. The molecule has 7 nitrogen and oxygen atoms in total. The molecule has 0 bridgehead atoms. The third-order valence-corrected chi connectivity index (χ3v) is 5.80. The second kappa shape index (κ2) is 7.58. The Labute approximate surface area is 165 Å². The van der Waals surface area contributed by atoms with Crippen molar-refractivity contribution in [2.45, 2.75) is 38.4 Å². The summed E-state index contributed by atoms with van der Waals surface area (Å²) in [5.74, 6) is 2.84. The van der Waals surface area contributed by atoms with Crippen LogP contribution in [0.2, 0.25) is 0 Å². The topological polar surface area (TPSA) is 63.8 Å². The zero-order valence-corrected chi connectivity index (χ0v) is 16.5. The summed E-state index contributed by atoms with van der Waals surface area (Å²) in [5, 5.41) is 12.3. The van der Waals surface area contributed by atoms with Gasteiger partial charge in [0, 0.05) is 32.6 Å². The van der Waals surface area contributed by atoms with E-state index >= 15 is 0 Å². The Kier molecular flexibility index (Phi) is 5.16. The number of rotatable bonds is 3. The van der Waals surface area contributed by atoms with E-state index in [1.54, 1.807) is 0 Å². The minimum Gasteiger partial charge on any atom is -0.334 e. The van der Waals surface area contributed by atoms with Gasteiger partial charge in [-0.1, -0.05) is 6.07 Å². The number of halogens is 1. The fourth-order valence-electron chi connectivity index (χ4n) is 4.30. The number of piperidine rings is 1. The Balaban J connectivity index is 0.00000180. The minimum atomic E-state index is 0. The molecule has 1 aromatic carbocycles. The maximum Gasteiger partial charge on any atom is 0.147 e. The lowest BCUT2D eigenvalue weighted by atomic mass is 9.95. The molecule has 1 fully saturated rings. The zero-order chi connectivity index (χ0) is 17.5. The van der Waals surface area contributed by atoms with E-state index in [4.69, 9.17) is 0 Å². The Morgan fingerprint density at radius 1 is 1.15 bits per heavy atom. The number of hydrogen-bond donors (Lipinski definition) is 1. The molecule has 5 rings (SSSR count). The molecule has 0 spiro atoms. The van der Waals surface area contributed by atoms with Gasteiger partial charge in [0.25, 0.3) is 0 Å². The molecule has 27 heavy (non-hydrogen) atoms. The number of hydrogen-bond acceptors (Lipinski definition) is 5. The van der Waals surface area contributed by atoms with Crippen molar-refractivity contribution in [2.24, 2.45) is 7.05 Å². The van der Waals surface area contributed by atoms with Crippen molar-refractivity contribution >= 4 is 23.4 Å². The average Bonchev–Trinajstić information content (AvgIpc) is 3.26. The SMILES string of the molecule is Cl.Cn1cnc2cc(CN3CCC(c4nnc5n4CCNC5)CC3)ccc21. The van der Waals surface area contributed by atoms with Gasteiger partial charge in [0.1, 0.15) is 11.6 Å². The van der Waals surface area contributed by atoms with E-state index in [-0.39, 0.29) is 12.4 Å². The van der Waals surface area contributed by atoms with Crippen LogP contribution in [0.25, 0.3) is 11.0 Å². The first kappa shape index (κ1) is 18.4. The summed E-state index contributed by atoms with van der Waals surface area (Å²) >= 11 is 0. The average molecular weight is 388 g/mol. The van der Waals surface area contributed by atoms with Crippen LogP contribution in [0.5, 0.6) is 0 Å². The van der Waals surface area contributed by atoms with Crippen LogP contribution < -0.4 is 5.32 Å². The molecule has 3 aromatic rings. The number of nitrogens with zero attached hydrogens (tertiary/aromatic N) is 6. The van der Waals surface area contributed by atoms with E-state index < -0.39 is 0 Å². The molecule has 4 heterocycles. The van der Waals surface area contributed by atoms with Gasteiger partial charge >= 0.3 is 0 Å². The Morgan fingerprint density at radius 3 is 2.85 bits per heavy atom. The molecular weight excluding hydrogens is 362 g/mol. The third-order valence-electron chi connectivity index (χ3n) is 5.80. The molecule has 2 aromatic heterocycles. The number of likely N-dealkylation sites (tertiary alicyclic amines) is 1. The summed E-state index contributed by atoms with van der Waals surface area (Å²) < 4.78 is 4.41. The predicted octanol–water partition coefficient (Wildman–Crippen LogP) is 2.07. The highest BCUT2D eigenvalue weighted by molar-refractivity contribution is 5.85. The second-order valence-corrected chi connectivity index (χ2v) is 7.53. The molecule has 144 valence electrons. The van der Waals surface area contributed by atoms with Crippen LogP contribution >= 0.6 is 12.4 Å². The third kappa shape index (κ3) is 3.47. The van der Waals surface area contributed by atoms with Gasteiger partial charge in [-0.2, -0.15) is 0 Å². The number of benzene rings is 1. The standard InChI is InChI=1S/C19H25N7.ClH/c1-24-13-21-16-10-14(2-3-17(16)24)12-25-7-4-15(5-8-25)19-23-22-18-11-20-6-9-26(18)19;/h2-3,10,13,15,20H,4-9,11-12H2,1H3;1H. The Bertz CT molecular complexity index is 923. The van der Waals surface area contributed by atoms with Gasteiger partial charge < -0.3 is 14.5 Å². The Morgan fingerprint density at radius 2 is 2.00 bits per heavy atom. The summed E-state index contributed by atoms with van der Waals surface area (Å²) in [5.41, 5.74) is 3.63. The highest BCUT2D eigenvalue weighted by Gasteiger charge is 2.27. The van der Waals surface area contributed by atoms with Gasteiger partial charge in [-0.15, -0.1) is 22.6 Å². The van der Waals surface area contributed by atoms with Gasteiger partial charge in [-0.3, -0.25) is 4.90 Å². The van der Waals surface area contributed by atoms with Crippen LogP contribution in [0.1, 0.15) is 36.0 Å². The van der Waals surface area contributed by atoms with Crippen molar-refractivity contribution in [3.8, 4) is 0 Å². The lowest BCUT2D eigenvalue weighted by Gasteiger charge is -2.32. The van der Waals surface area contributed by atoms with Crippen molar-refractivity contribution in [1.82, 2.24) is 34.5 Å². The smallest absolute Gasteiger partial charge is 0.147 e. The predicted molar refractivity (Wildman–Crippen MR) is 107 cm³/mol. The molecule has 0 unspecified atom stereocenters. The number of nitrogens with one attached hydrogen (secondary N) is 1. The van der Waals surface area contributed by atoms with E-state index in [9.17, 15) is 0 Å². The quantitative estimate of drug-likeness (QED) is 0.745. The van der Waals surface area contributed by atoms with Gasteiger partial charge in [0.15, 0.2) is 0 Å². The van der Waals surface area contributed by atoms with Crippen molar-refractivity contribution in [3.63, 3.8) is 0 Å². The maximum absolute atomic E-state index is 4.51. The van der Waals surface area contributed by atoms with Crippen LogP contribution in [0.4, 0.5) is 0 Å². The maximum atomic E-state index is 4.51. The molecule has 2 aliphatic heterocycles. The van der Waals surface area contributed by atoms with E-state index in [1.807, 2.05) is 13.4 Å². The lowest BCUT2D eigenvalue weighted by molar-refractivity contribution is 0.199. The monoisotopic (exact) mass is 387 g/mol. The molecule has 0 atom stereocenters. The first-order chi connectivity index (χ1) is 12.8. The molecule has 8 heteroatoms. The molecule has 1 N–H and O–H groups in total. The van der Waals surface area contributed by atoms with E-state index in [2.05, 4.69) is 52.7 Å². The summed E-state index contributed by atoms with van der Waals surface area (Å²) in [7, 11) is 2.04. The zero-order valence-electron chi connectivity index (χ0n) is 15.6. The van der Waals surface area contributed by atoms with Crippen molar-refractivity contribution < 1.29 is 0 Å². The highest BCUT2D eigenvalue weighted by atomic mass is 35.5. The highest BCUT2D eigenvalue weighted by Crippen LogP contribution is 2.28. The molecule has 1 saturated heterocycles. The molecule has 0 radical (unpaired) electrons. The minimum absolute atomic E-state index is 0. The summed E-state index contributed by atoms with van der Waals surface area (Å²) in [6, 6.07) is 6.64. The molecule has 0 aliphatic carbocycles. The van der Waals surface area contributed by atoms with Crippen LogP contribution in [0, 0.1) is 0 Å². The van der Waals surface area contributed by atoms with Crippen LogP contribution in [-0.2, 0) is 26.7 Å². The number of aromatic nitrogens is 5. The van der Waals surface area contributed by atoms with Crippen molar-refractivity contribution in [3.05, 3.63) is 41.7 Å². The lowest BCUT2D eigenvalue weighted by Crippen LogP contribution is -2.34. The number of fused-ring (bicyclic) bond motifs is 2. The summed E-state index contributed by atoms with van der Waals surface area (Å²) in [4.78, 5) is 7.03. The van der Waals surface area contributed by atoms with Gasteiger partial charge in [0.05, 0.1) is 23.9 Å². The van der Waals surface area contributed by atoms with Crippen LogP contribution in [0.15, 0.2) is 24.5 Å². The van der Waals surface area contributed by atoms with Crippen molar-refractivity contribution in [1.29, 1.82) is 0 Å². The molecule has 2 aliphatic rings. The van der Waals surface area contributed by atoms with E-state index in [0.717, 1.165) is 63.5 Å². The first-order valence-corrected chi connectivity index (χ1v) is 9.53.